The number of likely N-dealkylation sites (tertiary alicyclic amines) is 1. The first kappa shape index (κ1) is 13.7. The van der Waals surface area contributed by atoms with Crippen molar-refractivity contribution < 1.29 is 9.53 Å². The molecule has 0 radical (unpaired) electrons. The minimum Gasteiger partial charge on any atom is -0.444 e. The van der Waals surface area contributed by atoms with Crippen LogP contribution in [0.2, 0.25) is 0 Å². The number of aromatic nitrogens is 1. The molecule has 0 unspecified atom stereocenters. The number of rotatable bonds is 2. The number of hydrogen-bond acceptors (Lipinski definition) is 5. The molecule has 0 spiro atoms. The maximum Gasteiger partial charge on any atom is 0.411 e. The van der Waals surface area contributed by atoms with Gasteiger partial charge in [0.15, 0.2) is 5.13 Å². The van der Waals surface area contributed by atoms with Gasteiger partial charge in [-0.05, 0) is 39.5 Å². The molecule has 1 aliphatic carbocycles. The predicted octanol–water partition coefficient (Wildman–Crippen LogP) is 3.26. The summed E-state index contributed by atoms with van der Waals surface area (Å²) in [5.74, 6) is 0.632. The highest BCUT2D eigenvalue weighted by Gasteiger charge is 2.55. The van der Waals surface area contributed by atoms with Crippen molar-refractivity contribution in [2.45, 2.75) is 51.3 Å². The molecule has 1 aromatic heterocycles. The summed E-state index contributed by atoms with van der Waals surface area (Å²) in [6.07, 6.45) is 1.92. The summed E-state index contributed by atoms with van der Waals surface area (Å²) < 4.78 is 5.55. The van der Waals surface area contributed by atoms with Crippen molar-refractivity contribution in [1.82, 2.24) is 9.88 Å². The molecule has 2 aliphatic rings. The van der Waals surface area contributed by atoms with E-state index < -0.39 is 5.60 Å². The van der Waals surface area contributed by atoms with Crippen LogP contribution in [0.4, 0.5) is 9.93 Å². The number of ether oxygens (including phenoxy) is 1. The molecule has 5 nitrogen and oxygen atoms in total. The van der Waals surface area contributed by atoms with E-state index >= 15 is 0 Å². The second kappa shape index (κ2) is 4.62. The third-order valence-electron chi connectivity index (χ3n) is 3.79. The number of anilines is 1. The van der Waals surface area contributed by atoms with E-state index in [0.717, 1.165) is 23.7 Å². The summed E-state index contributed by atoms with van der Waals surface area (Å²) >= 11 is 1.58. The van der Waals surface area contributed by atoms with Crippen LogP contribution in [-0.2, 0) is 4.74 Å². The van der Waals surface area contributed by atoms with Crippen molar-refractivity contribution in [2.24, 2.45) is 5.92 Å². The number of carbonyl (C=O) groups is 1. The number of nitrogens with one attached hydrogen (secondary N) is 1. The average molecular weight is 295 g/mol. The van der Waals surface area contributed by atoms with Gasteiger partial charge in [-0.3, -0.25) is 4.90 Å². The molecular weight excluding hydrogens is 274 g/mol. The van der Waals surface area contributed by atoms with Crippen LogP contribution in [-0.4, -0.2) is 34.7 Å². The lowest BCUT2D eigenvalue weighted by molar-refractivity contribution is 0.0179. The second-order valence-electron chi connectivity index (χ2n) is 6.53. The summed E-state index contributed by atoms with van der Waals surface area (Å²) in [6.45, 7) is 5.72. The highest BCUT2D eigenvalue weighted by molar-refractivity contribution is 7.13. The zero-order chi connectivity index (χ0) is 14.5. The van der Waals surface area contributed by atoms with Crippen LogP contribution < -0.4 is 5.32 Å². The SMILES string of the molecule is CNc1nc([C@H]2C[C@H]3C[C@H]3N2C(=O)OC(C)(C)C)cs1. The van der Waals surface area contributed by atoms with Gasteiger partial charge in [-0.2, -0.15) is 0 Å². The summed E-state index contributed by atoms with van der Waals surface area (Å²) in [4.78, 5) is 18.9. The van der Waals surface area contributed by atoms with Gasteiger partial charge in [-0.25, -0.2) is 9.78 Å². The largest absolute Gasteiger partial charge is 0.444 e. The molecule has 1 amide bonds. The highest BCUT2D eigenvalue weighted by Crippen LogP contribution is 2.54. The fourth-order valence-corrected chi connectivity index (χ4v) is 3.57. The van der Waals surface area contributed by atoms with Crippen molar-refractivity contribution in [3.63, 3.8) is 0 Å². The number of thiazole rings is 1. The molecule has 3 atom stereocenters. The Morgan fingerprint density at radius 1 is 1.50 bits per heavy atom. The molecule has 1 aromatic rings. The average Bonchev–Trinajstić information content (AvgIpc) is 2.83. The minimum atomic E-state index is -0.452. The van der Waals surface area contributed by atoms with Gasteiger partial charge in [0.25, 0.3) is 0 Å². The number of nitrogens with zero attached hydrogens (tertiary/aromatic N) is 2. The summed E-state index contributed by atoms with van der Waals surface area (Å²) in [6, 6.07) is 0.432. The Bertz CT molecular complexity index is 523. The molecule has 20 heavy (non-hydrogen) atoms. The molecule has 2 fully saturated rings. The molecule has 1 saturated carbocycles. The maximum atomic E-state index is 12.4. The second-order valence-corrected chi connectivity index (χ2v) is 7.39. The monoisotopic (exact) mass is 295 g/mol. The first-order valence-corrected chi connectivity index (χ1v) is 7.91. The number of amides is 1. The fraction of sp³-hybridized carbons (Fsp3) is 0.714. The van der Waals surface area contributed by atoms with Crippen molar-refractivity contribution in [2.75, 3.05) is 12.4 Å². The zero-order valence-corrected chi connectivity index (χ0v) is 13.2. The van der Waals surface area contributed by atoms with E-state index in [4.69, 9.17) is 4.74 Å². The van der Waals surface area contributed by atoms with Gasteiger partial charge in [-0.15, -0.1) is 11.3 Å². The first-order chi connectivity index (χ1) is 9.39. The van der Waals surface area contributed by atoms with Crippen molar-refractivity contribution in [1.29, 1.82) is 0 Å². The van der Waals surface area contributed by atoms with Crippen LogP contribution in [0.1, 0.15) is 45.3 Å². The Hall–Kier alpha value is -1.30. The Kier molecular flexibility index (Phi) is 3.16. The highest BCUT2D eigenvalue weighted by atomic mass is 32.1. The minimum absolute atomic E-state index is 0.0759. The Morgan fingerprint density at radius 2 is 2.25 bits per heavy atom. The first-order valence-electron chi connectivity index (χ1n) is 7.03. The Balaban J connectivity index is 1.79. The number of fused-ring (bicyclic) bond motifs is 1. The molecule has 0 aromatic carbocycles. The molecule has 1 N–H and O–H groups in total. The lowest BCUT2D eigenvalue weighted by Crippen LogP contribution is -2.38. The Labute approximate surface area is 123 Å². The molecule has 2 heterocycles. The van der Waals surface area contributed by atoms with Crippen molar-refractivity contribution in [3.8, 4) is 0 Å². The van der Waals surface area contributed by atoms with Crippen LogP contribution in [0, 0.1) is 5.92 Å². The molecule has 1 saturated heterocycles. The molecule has 110 valence electrons. The third-order valence-corrected chi connectivity index (χ3v) is 4.66. The van der Waals surface area contributed by atoms with Gasteiger partial charge in [0.05, 0.1) is 11.7 Å². The van der Waals surface area contributed by atoms with E-state index in [9.17, 15) is 4.79 Å². The van der Waals surface area contributed by atoms with Crippen LogP contribution in [0.15, 0.2) is 5.38 Å². The van der Waals surface area contributed by atoms with Crippen LogP contribution in [0.3, 0.4) is 0 Å². The molecule has 3 rings (SSSR count). The van der Waals surface area contributed by atoms with Crippen LogP contribution >= 0.6 is 11.3 Å². The van der Waals surface area contributed by atoms with Gasteiger partial charge < -0.3 is 10.1 Å². The predicted molar refractivity (Wildman–Crippen MR) is 79.0 cm³/mol. The van der Waals surface area contributed by atoms with Gasteiger partial charge in [0.1, 0.15) is 5.60 Å². The van der Waals surface area contributed by atoms with Crippen LogP contribution in [0.5, 0.6) is 0 Å². The quantitative estimate of drug-likeness (QED) is 0.910. The smallest absolute Gasteiger partial charge is 0.411 e. The van der Waals surface area contributed by atoms with E-state index in [1.165, 1.54) is 0 Å². The lowest BCUT2D eigenvalue weighted by atomic mass is 10.1. The molecular formula is C14H21N3O2S. The van der Waals surface area contributed by atoms with Gasteiger partial charge >= 0.3 is 6.09 Å². The number of hydrogen-bond donors (Lipinski definition) is 1. The maximum absolute atomic E-state index is 12.4. The van der Waals surface area contributed by atoms with E-state index in [2.05, 4.69) is 10.3 Å². The number of piperidine rings is 1. The van der Waals surface area contributed by atoms with Crippen molar-refractivity contribution in [3.05, 3.63) is 11.1 Å². The lowest BCUT2D eigenvalue weighted by Gasteiger charge is -2.29. The molecule has 0 bridgehead atoms. The summed E-state index contributed by atoms with van der Waals surface area (Å²) in [5.41, 5.74) is 0.532. The van der Waals surface area contributed by atoms with Crippen LogP contribution in [0.25, 0.3) is 0 Å². The standard InChI is InChI=1S/C14H21N3O2S/c1-14(2,3)19-13(18)17-10-5-8(10)6-11(17)9-7-20-12(15-4)16-9/h7-8,10-11H,5-6H2,1-4H3,(H,15,16)/t8-,10-,11-/m1/s1. The van der Waals surface area contributed by atoms with E-state index in [1.807, 2.05) is 38.1 Å². The van der Waals surface area contributed by atoms with Crippen molar-refractivity contribution >= 4 is 22.6 Å². The summed E-state index contributed by atoms with van der Waals surface area (Å²) in [5, 5.41) is 5.98. The van der Waals surface area contributed by atoms with E-state index in [0.29, 0.717) is 12.0 Å². The zero-order valence-electron chi connectivity index (χ0n) is 12.3. The molecule has 1 aliphatic heterocycles. The Morgan fingerprint density at radius 3 is 2.85 bits per heavy atom. The topological polar surface area (TPSA) is 54.5 Å². The van der Waals surface area contributed by atoms with Gasteiger partial charge in [0.2, 0.25) is 0 Å². The van der Waals surface area contributed by atoms with E-state index in [-0.39, 0.29) is 12.1 Å². The normalized spacial score (nSPS) is 28.2. The molecule has 6 heteroatoms. The third kappa shape index (κ3) is 2.49. The van der Waals surface area contributed by atoms with E-state index in [1.54, 1.807) is 11.3 Å². The van der Waals surface area contributed by atoms with Gasteiger partial charge in [0, 0.05) is 18.5 Å². The number of carbonyl (C=O) groups excluding carboxylic acids is 1. The fourth-order valence-electron chi connectivity index (χ4n) is 2.85. The van der Waals surface area contributed by atoms with Gasteiger partial charge in [-0.1, -0.05) is 0 Å². The summed E-state index contributed by atoms with van der Waals surface area (Å²) in [7, 11) is 1.86.